The van der Waals surface area contributed by atoms with Crippen LogP contribution in [0.3, 0.4) is 0 Å². The second-order valence-corrected chi connectivity index (χ2v) is 4.85. The van der Waals surface area contributed by atoms with Crippen molar-refractivity contribution in [2.45, 2.75) is 12.8 Å². The number of amides is 1. The fourth-order valence-electron chi connectivity index (χ4n) is 2.57. The van der Waals surface area contributed by atoms with Gasteiger partial charge in [0.15, 0.2) is 11.6 Å². The Hall–Kier alpha value is -2.31. The first-order valence-electron chi connectivity index (χ1n) is 6.61. The SMILES string of the molecule is COc1cccc(/C(=N/O)C2CCN(C(=O)O)CC2)c1F. The minimum Gasteiger partial charge on any atom is -0.494 e. The summed E-state index contributed by atoms with van der Waals surface area (Å²) in [6, 6.07) is 4.63. The van der Waals surface area contributed by atoms with Crippen molar-refractivity contribution in [1.82, 2.24) is 4.90 Å². The quantitative estimate of drug-likeness (QED) is 0.510. The van der Waals surface area contributed by atoms with Gasteiger partial charge >= 0.3 is 6.09 Å². The van der Waals surface area contributed by atoms with Gasteiger partial charge in [0.2, 0.25) is 0 Å². The van der Waals surface area contributed by atoms with E-state index in [0.29, 0.717) is 25.9 Å². The first-order chi connectivity index (χ1) is 10.1. The van der Waals surface area contributed by atoms with Crippen molar-refractivity contribution >= 4 is 11.8 Å². The van der Waals surface area contributed by atoms with E-state index in [9.17, 15) is 14.4 Å². The van der Waals surface area contributed by atoms with Crippen LogP contribution in [0.25, 0.3) is 0 Å². The Labute approximate surface area is 121 Å². The molecule has 1 aromatic carbocycles. The summed E-state index contributed by atoms with van der Waals surface area (Å²) in [5.41, 5.74) is 0.419. The lowest BCUT2D eigenvalue weighted by Crippen LogP contribution is -2.39. The molecule has 0 aromatic heterocycles. The van der Waals surface area contributed by atoms with Crippen molar-refractivity contribution in [2.75, 3.05) is 20.2 Å². The van der Waals surface area contributed by atoms with E-state index in [2.05, 4.69) is 5.16 Å². The zero-order chi connectivity index (χ0) is 15.4. The van der Waals surface area contributed by atoms with Gasteiger partial charge in [0.1, 0.15) is 0 Å². The lowest BCUT2D eigenvalue weighted by atomic mass is 9.88. The monoisotopic (exact) mass is 296 g/mol. The molecule has 1 aromatic rings. The summed E-state index contributed by atoms with van der Waals surface area (Å²) < 4.78 is 19.2. The summed E-state index contributed by atoms with van der Waals surface area (Å²) in [6.07, 6.45) is 0.00789. The van der Waals surface area contributed by atoms with Crippen molar-refractivity contribution in [1.29, 1.82) is 0 Å². The molecule has 0 unspecified atom stereocenters. The molecule has 2 N–H and O–H groups in total. The average molecular weight is 296 g/mol. The molecule has 0 radical (unpaired) electrons. The zero-order valence-electron chi connectivity index (χ0n) is 11.6. The Morgan fingerprint density at radius 3 is 2.62 bits per heavy atom. The Balaban J connectivity index is 2.21. The number of carbonyl (C=O) groups is 1. The van der Waals surface area contributed by atoms with Gasteiger partial charge in [-0.15, -0.1) is 0 Å². The highest BCUT2D eigenvalue weighted by molar-refractivity contribution is 6.02. The number of carboxylic acid groups (broad SMARTS) is 1. The van der Waals surface area contributed by atoms with E-state index in [1.807, 2.05) is 0 Å². The molecule has 1 heterocycles. The van der Waals surface area contributed by atoms with Crippen LogP contribution in [0.5, 0.6) is 5.75 Å². The minimum atomic E-state index is -0.969. The van der Waals surface area contributed by atoms with E-state index in [1.165, 1.54) is 24.1 Å². The number of benzene rings is 1. The Morgan fingerprint density at radius 2 is 2.10 bits per heavy atom. The van der Waals surface area contributed by atoms with Gasteiger partial charge in [-0.3, -0.25) is 0 Å². The van der Waals surface area contributed by atoms with Gasteiger partial charge in [0, 0.05) is 24.6 Å². The van der Waals surface area contributed by atoms with Crippen LogP contribution < -0.4 is 4.74 Å². The molecular formula is C14H17FN2O4. The highest BCUT2D eigenvalue weighted by Gasteiger charge is 2.28. The number of ether oxygens (including phenoxy) is 1. The van der Waals surface area contributed by atoms with Crippen molar-refractivity contribution in [3.05, 3.63) is 29.6 Å². The minimum absolute atomic E-state index is 0.0802. The van der Waals surface area contributed by atoms with Crippen LogP contribution in [-0.4, -0.2) is 47.2 Å². The van der Waals surface area contributed by atoms with Gasteiger partial charge in [-0.1, -0.05) is 11.2 Å². The molecule has 1 aliphatic rings. The molecule has 114 valence electrons. The molecule has 0 atom stereocenters. The average Bonchev–Trinajstić information content (AvgIpc) is 2.50. The predicted molar refractivity (Wildman–Crippen MR) is 73.6 cm³/mol. The number of halogens is 1. The third-order valence-corrected chi connectivity index (χ3v) is 3.72. The van der Waals surface area contributed by atoms with E-state index in [-0.39, 0.29) is 22.9 Å². The van der Waals surface area contributed by atoms with Crippen LogP contribution >= 0.6 is 0 Å². The zero-order valence-corrected chi connectivity index (χ0v) is 11.6. The molecule has 6 nitrogen and oxygen atoms in total. The van der Waals surface area contributed by atoms with Gasteiger partial charge in [0.05, 0.1) is 12.8 Å². The highest BCUT2D eigenvalue weighted by Crippen LogP contribution is 2.27. The molecule has 0 saturated carbocycles. The fraction of sp³-hybridized carbons (Fsp3) is 0.429. The molecule has 7 heteroatoms. The number of oxime groups is 1. The van der Waals surface area contributed by atoms with Crippen LogP contribution in [0.4, 0.5) is 9.18 Å². The first kappa shape index (κ1) is 15.1. The molecule has 1 amide bonds. The summed E-state index contributed by atoms with van der Waals surface area (Å²) in [6.45, 7) is 0.676. The number of methoxy groups -OCH3 is 1. The standard InChI is InChI=1S/C14H17FN2O4/c1-21-11-4-2-3-10(12(11)15)13(16-20)9-5-7-17(8-6-9)14(18)19/h2-4,9,20H,5-8H2,1H3,(H,18,19)/b16-13+. The molecule has 0 spiro atoms. The maximum absolute atomic E-state index is 14.2. The third kappa shape index (κ3) is 3.07. The number of hydrogen-bond donors (Lipinski definition) is 2. The molecule has 0 aliphatic carbocycles. The Morgan fingerprint density at radius 1 is 1.43 bits per heavy atom. The van der Waals surface area contributed by atoms with Crippen LogP contribution in [0.15, 0.2) is 23.4 Å². The predicted octanol–water partition coefficient (Wildman–Crippen LogP) is 2.40. The van der Waals surface area contributed by atoms with Crippen molar-refractivity contribution in [3.63, 3.8) is 0 Å². The van der Waals surface area contributed by atoms with Crippen LogP contribution in [0.1, 0.15) is 18.4 Å². The summed E-state index contributed by atoms with van der Waals surface area (Å²) in [4.78, 5) is 12.2. The second-order valence-electron chi connectivity index (χ2n) is 4.85. The van der Waals surface area contributed by atoms with E-state index < -0.39 is 11.9 Å². The van der Waals surface area contributed by atoms with Gasteiger partial charge in [-0.25, -0.2) is 9.18 Å². The largest absolute Gasteiger partial charge is 0.494 e. The van der Waals surface area contributed by atoms with E-state index in [1.54, 1.807) is 6.07 Å². The summed E-state index contributed by atoms with van der Waals surface area (Å²) in [5.74, 6) is -0.683. The van der Waals surface area contributed by atoms with Crippen LogP contribution in [0.2, 0.25) is 0 Å². The number of rotatable bonds is 3. The highest BCUT2D eigenvalue weighted by atomic mass is 19.1. The molecule has 1 fully saturated rings. The molecular weight excluding hydrogens is 279 g/mol. The maximum Gasteiger partial charge on any atom is 0.407 e. The van der Waals surface area contributed by atoms with Crippen LogP contribution in [-0.2, 0) is 0 Å². The van der Waals surface area contributed by atoms with Gasteiger partial charge < -0.3 is 20.0 Å². The summed E-state index contributed by atoms with van der Waals surface area (Å²) >= 11 is 0. The third-order valence-electron chi connectivity index (χ3n) is 3.72. The lowest BCUT2D eigenvalue weighted by molar-refractivity contribution is 0.131. The summed E-state index contributed by atoms with van der Waals surface area (Å²) in [5, 5.41) is 21.4. The molecule has 2 rings (SSSR count). The van der Waals surface area contributed by atoms with Crippen molar-refractivity contribution in [3.8, 4) is 5.75 Å². The number of likely N-dealkylation sites (tertiary alicyclic amines) is 1. The smallest absolute Gasteiger partial charge is 0.407 e. The van der Waals surface area contributed by atoms with Gasteiger partial charge in [-0.05, 0) is 25.0 Å². The molecule has 1 aliphatic heterocycles. The second kappa shape index (κ2) is 6.43. The lowest BCUT2D eigenvalue weighted by Gasteiger charge is -2.30. The first-order valence-corrected chi connectivity index (χ1v) is 6.61. The van der Waals surface area contributed by atoms with E-state index in [0.717, 1.165) is 0 Å². The number of piperidine rings is 1. The summed E-state index contributed by atoms with van der Waals surface area (Å²) in [7, 11) is 1.36. The molecule has 21 heavy (non-hydrogen) atoms. The fourth-order valence-corrected chi connectivity index (χ4v) is 2.57. The molecule has 0 bridgehead atoms. The van der Waals surface area contributed by atoms with E-state index in [4.69, 9.17) is 9.84 Å². The Bertz CT molecular complexity index is 554. The van der Waals surface area contributed by atoms with Gasteiger partial charge in [-0.2, -0.15) is 0 Å². The van der Waals surface area contributed by atoms with Crippen molar-refractivity contribution < 1.29 is 24.2 Å². The molecule has 1 saturated heterocycles. The maximum atomic E-state index is 14.2. The number of hydrogen-bond acceptors (Lipinski definition) is 4. The Kier molecular flexibility index (Phi) is 4.62. The topological polar surface area (TPSA) is 82.4 Å². The van der Waals surface area contributed by atoms with Crippen LogP contribution in [0, 0.1) is 11.7 Å². The van der Waals surface area contributed by atoms with E-state index >= 15 is 0 Å². The normalized spacial score (nSPS) is 16.9. The van der Waals surface area contributed by atoms with Gasteiger partial charge in [0.25, 0.3) is 0 Å². The number of nitrogens with zero attached hydrogens (tertiary/aromatic N) is 2. The van der Waals surface area contributed by atoms with Crippen molar-refractivity contribution in [2.24, 2.45) is 11.1 Å².